The van der Waals surface area contributed by atoms with Gasteiger partial charge in [-0.3, -0.25) is 9.59 Å². The highest BCUT2D eigenvalue weighted by atomic mass is 16.5. The van der Waals surface area contributed by atoms with Crippen molar-refractivity contribution in [3.63, 3.8) is 0 Å². The molecule has 1 fully saturated rings. The molecule has 1 saturated carbocycles. The molecule has 14 heavy (non-hydrogen) atoms. The first-order valence-corrected chi connectivity index (χ1v) is 4.77. The average molecular weight is 200 g/mol. The van der Waals surface area contributed by atoms with Crippen LogP contribution in [0.1, 0.15) is 19.3 Å². The van der Waals surface area contributed by atoms with Gasteiger partial charge in [-0.15, -0.1) is 0 Å². The molecule has 0 aromatic carbocycles. The molecule has 0 aromatic heterocycles. The first kappa shape index (κ1) is 11.0. The van der Waals surface area contributed by atoms with E-state index in [0.717, 1.165) is 12.8 Å². The zero-order valence-electron chi connectivity index (χ0n) is 8.34. The van der Waals surface area contributed by atoms with Gasteiger partial charge in [-0.05, 0) is 12.8 Å². The second-order valence-corrected chi connectivity index (χ2v) is 3.36. The van der Waals surface area contributed by atoms with Crippen LogP contribution in [0.3, 0.4) is 0 Å². The second kappa shape index (κ2) is 5.59. The van der Waals surface area contributed by atoms with Crippen LogP contribution in [-0.4, -0.2) is 38.1 Å². The second-order valence-electron chi connectivity index (χ2n) is 3.36. The third kappa shape index (κ3) is 4.81. The van der Waals surface area contributed by atoms with Gasteiger partial charge in [-0.1, -0.05) is 0 Å². The number of carbonyl (C=O) groups is 2. The Morgan fingerprint density at radius 2 is 2.07 bits per heavy atom. The van der Waals surface area contributed by atoms with Crippen molar-refractivity contribution in [1.82, 2.24) is 10.6 Å². The Bertz CT molecular complexity index is 214. The number of carbonyl (C=O) groups excluding carboxylic acids is 2. The summed E-state index contributed by atoms with van der Waals surface area (Å²) in [5.41, 5.74) is 0. The van der Waals surface area contributed by atoms with E-state index in [-0.39, 0.29) is 18.2 Å². The quantitative estimate of drug-likeness (QED) is 0.445. The third-order valence-corrected chi connectivity index (χ3v) is 1.89. The largest absolute Gasteiger partial charge is 0.383 e. The average Bonchev–Trinajstić information content (AvgIpc) is 2.88. The Hall–Kier alpha value is -1.10. The predicted octanol–water partition coefficient (Wildman–Crippen LogP) is -0.582. The van der Waals surface area contributed by atoms with E-state index in [4.69, 9.17) is 4.74 Å². The zero-order valence-corrected chi connectivity index (χ0v) is 8.34. The van der Waals surface area contributed by atoms with Crippen LogP contribution in [-0.2, 0) is 14.3 Å². The van der Waals surface area contributed by atoms with Gasteiger partial charge in [-0.2, -0.15) is 0 Å². The van der Waals surface area contributed by atoms with Gasteiger partial charge in [0.15, 0.2) is 0 Å². The summed E-state index contributed by atoms with van der Waals surface area (Å²) < 4.78 is 4.76. The Morgan fingerprint density at radius 3 is 2.64 bits per heavy atom. The van der Waals surface area contributed by atoms with Gasteiger partial charge in [0.25, 0.3) is 0 Å². The Balaban J connectivity index is 2.02. The van der Waals surface area contributed by atoms with E-state index >= 15 is 0 Å². The number of hydrogen-bond acceptors (Lipinski definition) is 3. The lowest BCUT2D eigenvalue weighted by molar-refractivity contribution is -0.129. The number of methoxy groups -OCH3 is 1. The molecule has 80 valence electrons. The minimum Gasteiger partial charge on any atom is -0.383 e. The van der Waals surface area contributed by atoms with E-state index in [1.165, 1.54) is 0 Å². The first-order chi connectivity index (χ1) is 6.72. The molecule has 0 spiro atoms. The van der Waals surface area contributed by atoms with E-state index in [1.807, 2.05) is 0 Å². The molecular weight excluding hydrogens is 184 g/mol. The first-order valence-electron chi connectivity index (χ1n) is 4.77. The number of nitrogens with one attached hydrogen (secondary N) is 2. The van der Waals surface area contributed by atoms with Crippen molar-refractivity contribution in [1.29, 1.82) is 0 Å². The van der Waals surface area contributed by atoms with Crippen LogP contribution in [0.4, 0.5) is 0 Å². The van der Waals surface area contributed by atoms with E-state index in [0.29, 0.717) is 19.2 Å². The molecule has 0 heterocycles. The van der Waals surface area contributed by atoms with Crippen molar-refractivity contribution >= 4 is 11.8 Å². The highest BCUT2D eigenvalue weighted by Gasteiger charge is 2.23. The summed E-state index contributed by atoms with van der Waals surface area (Å²) in [6.07, 6.45) is 1.99. The Labute approximate surface area is 83.2 Å². The van der Waals surface area contributed by atoms with Gasteiger partial charge in [0.1, 0.15) is 6.42 Å². The summed E-state index contributed by atoms with van der Waals surface area (Å²) >= 11 is 0. The van der Waals surface area contributed by atoms with Crippen molar-refractivity contribution in [2.75, 3.05) is 20.3 Å². The van der Waals surface area contributed by atoms with E-state index in [2.05, 4.69) is 10.6 Å². The van der Waals surface area contributed by atoms with Gasteiger partial charge >= 0.3 is 0 Å². The molecule has 1 aliphatic rings. The van der Waals surface area contributed by atoms with Gasteiger partial charge in [0.05, 0.1) is 6.61 Å². The number of amides is 2. The SMILES string of the molecule is COCCNC(=O)CC(=O)NC1CC1. The molecule has 0 bridgehead atoms. The molecule has 0 saturated heterocycles. The normalized spacial score (nSPS) is 14.9. The molecule has 1 rings (SSSR count). The third-order valence-electron chi connectivity index (χ3n) is 1.89. The molecule has 1 aliphatic carbocycles. The molecule has 0 aliphatic heterocycles. The molecule has 0 radical (unpaired) electrons. The van der Waals surface area contributed by atoms with Crippen LogP contribution in [0.25, 0.3) is 0 Å². The number of rotatable bonds is 6. The predicted molar refractivity (Wildman–Crippen MR) is 50.7 cm³/mol. The van der Waals surface area contributed by atoms with E-state index in [9.17, 15) is 9.59 Å². The molecule has 0 atom stereocenters. The maximum absolute atomic E-state index is 11.1. The Kier molecular flexibility index (Phi) is 4.39. The number of ether oxygens (including phenoxy) is 1. The van der Waals surface area contributed by atoms with Crippen LogP contribution >= 0.6 is 0 Å². The van der Waals surface area contributed by atoms with Gasteiger partial charge < -0.3 is 15.4 Å². The lowest BCUT2D eigenvalue weighted by atomic mass is 10.3. The molecule has 5 nitrogen and oxygen atoms in total. The molecule has 2 amide bonds. The summed E-state index contributed by atoms with van der Waals surface area (Å²) in [7, 11) is 1.56. The summed E-state index contributed by atoms with van der Waals surface area (Å²) in [6.45, 7) is 0.919. The molecule has 0 unspecified atom stereocenters. The van der Waals surface area contributed by atoms with Gasteiger partial charge in [0.2, 0.25) is 11.8 Å². The fourth-order valence-corrected chi connectivity index (χ4v) is 1.01. The van der Waals surface area contributed by atoms with Gasteiger partial charge in [-0.25, -0.2) is 0 Å². The fraction of sp³-hybridized carbons (Fsp3) is 0.778. The molecule has 5 heteroatoms. The molecular formula is C9H16N2O3. The summed E-state index contributed by atoms with van der Waals surface area (Å²) in [5, 5.41) is 5.33. The summed E-state index contributed by atoms with van der Waals surface area (Å²) in [6, 6.07) is 0.314. The smallest absolute Gasteiger partial charge is 0.229 e. The van der Waals surface area contributed by atoms with Crippen LogP contribution in [0.2, 0.25) is 0 Å². The minimum atomic E-state index is -0.250. The van der Waals surface area contributed by atoms with Crippen molar-refractivity contribution < 1.29 is 14.3 Å². The minimum absolute atomic E-state index is 0.0831. The zero-order chi connectivity index (χ0) is 10.4. The highest BCUT2D eigenvalue weighted by molar-refractivity contribution is 5.97. The van der Waals surface area contributed by atoms with E-state index in [1.54, 1.807) is 7.11 Å². The van der Waals surface area contributed by atoms with Crippen molar-refractivity contribution in [3.05, 3.63) is 0 Å². The summed E-state index contributed by atoms with van der Waals surface area (Å²) in [5.74, 6) is -0.442. The fourth-order valence-electron chi connectivity index (χ4n) is 1.01. The lowest BCUT2D eigenvalue weighted by Gasteiger charge is -2.04. The monoisotopic (exact) mass is 200 g/mol. The molecule has 2 N–H and O–H groups in total. The van der Waals surface area contributed by atoms with E-state index < -0.39 is 0 Å². The van der Waals surface area contributed by atoms with Crippen molar-refractivity contribution in [2.24, 2.45) is 0 Å². The van der Waals surface area contributed by atoms with Crippen molar-refractivity contribution in [3.8, 4) is 0 Å². The number of hydrogen-bond donors (Lipinski definition) is 2. The van der Waals surface area contributed by atoms with Gasteiger partial charge in [0, 0.05) is 19.7 Å². The van der Waals surface area contributed by atoms with Crippen LogP contribution in [0.15, 0.2) is 0 Å². The van der Waals surface area contributed by atoms with Crippen LogP contribution in [0, 0.1) is 0 Å². The van der Waals surface area contributed by atoms with Crippen LogP contribution < -0.4 is 10.6 Å². The maximum atomic E-state index is 11.1. The molecule has 0 aromatic rings. The lowest BCUT2D eigenvalue weighted by Crippen LogP contribution is -2.34. The maximum Gasteiger partial charge on any atom is 0.229 e. The topological polar surface area (TPSA) is 67.4 Å². The Morgan fingerprint density at radius 1 is 1.36 bits per heavy atom. The van der Waals surface area contributed by atoms with Crippen molar-refractivity contribution in [2.45, 2.75) is 25.3 Å². The van der Waals surface area contributed by atoms with Crippen LogP contribution in [0.5, 0.6) is 0 Å². The highest BCUT2D eigenvalue weighted by Crippen LogP contribution is 2.18. The summed E-state index contributed by atoms with van der Waals surface area (Å²) in [4.78, 5) is 22.2. The standard InChI is InChI=1S/C9H16N2O3/c1-14-5-4-10-8(12)6-9(13)11-7-2-3-7/h7H,2-6H2,1H3,(H,10,12)(H,11,13).